The summed E-state index contributed by atoms with van der Waals surface area (Å²) in [4.78, 5) is 0. The smallest absolute Gasteiger partial charge is 0.122 e. The molecule has 1 aliphatic heterocycles. The zero-order chi connectivity index (χ0) is 9.97. The zero-order valence-electron chi connectivity index (χ0n) is 8.75. The predicted octanol–water partition coefficient (Wildman–Crippen LogP) is 2.34. The third-order valence-electron chi connectivity index (χ3n) is 2.47. The van der Waals surface area contributed by atoms with Crippen molar-refractivity contribution < 1.29 is 9.47 Å². The van der Waals surface area contributed by atoms with Gasteiger partial charge in [0.2, 0.25) is 0 Å². The highest BCUT2D eigenvalue weighted by molar-refractivity contribution is 5.36. The Morgan fingerprint density at radius 2 is 2.29 bits per heavy atom. The van der Waals surface area contributed by atoms with E-state index in [1.165, 1.54) is 11.1 Å². The molecule has 1 atom stereocenters. The molecule has 0 aromatic heterocycles. The Hall–Kier alpha value is -1.02. The molecule has 76 valence electrons. The van der Waals surface area contributed by atoms with Crippen LogP contribution >= 0.6 is 0 Å². The van der Waals surface area contributed by atoms with Crippen molar-refractivity contribution in [1.29, 1.82) is 0 Å². The van der Waals surface area contributed by atoms with Crippen molar-refractivity contribution in [2.75, 3.05) is 13.2 Å². The van der Waals surface area contributed by atoms with E-state index in [-0.39, 0.29) is 0 Å². The molecule has 1 aromatic carbocycles. The van der Waals surface area contributed by atoms with Crippen LogP contribution < -0.4 is 4.74 Å². The van der Waals surface area contributed by atoms with E-state index in [1.807, 2.05) is 0 Å². The van der Waals surface area contributed by atoms with Crippen LogP contribution in [0.1, 0.15) is 18.1 Å². The first-order valence-corrected chi connectivity index (χ1v) is 5.13. The summed E-state index contributed by atoms with van der Waals surface area (Å²) in [5.41, 5.74) is 2.57. The van der Waals surface area contributed by atoms with E-state index < -0.39 is 0 Å². The van der Waals surface area contributed by atoms with Gasteiger partial charge < -0.3 is 9.47 Å². The first-order chi connectivity index (χ1) is 6.79. The summed E-state index contributed by atoms with van der Waals surface area (Å²) in [6, 6.07) is 6.36. The number of aryl methyl sites for hydroxylation is 2. The molecule has 2 heteroatoms. The topological polar surface area (TPSA) is 21.8 Å². The highest BCUT2D eigenvalue weighted by Crippen LogP contribution is 2.21. The fourth-order valence-electron chi connectivity index (χ4n) is 1.44. The Bertz CT molecular complexity index is 316. The standard InChI is InChI=1S/C12H16O2/c1-3-10-4-5-12(9(2)6-10)14-8-11-7-13-11/h4-6,11H,3,7-8H2,1-2H3. The van der Waals surface area contributed by atoms with Crippen LogP contribution in [0, 0.1) is 6.92 Å². The van der Waals surface area contributed by atoms with Crippen LogP contribution in [-0.2, 0) is 11.2 Å². The normalized spacial score (nSPS) is 19.4. The van der Waals surface area contributed by atoms with Gasteiger partial charge in [0, 0.05) is 0 Å². The number of benzene rings is 1. The van der Waals surface area contributed by atoms with Gasteiger partial charge in [0.05, 0.1) is 6.61 Å². The van der Waals surface area contributed by atoms with Gasteiger partial charge in [-0.15, -0.1) is 0 Å². The van der Waals surface area contributed by atoms with E-state index in [4.69, 9.17) is 9.47 Å². The van der Waals surface area contributed by atoms with Gasteiger partial charge in [-0.1, -0.05) is 19.1 Å². The molecule has 0 N–H and O–H groups in total. The van der Waals surface area contributed by atoms with Crippen molar-refractivity contribution in [3.05, 3.63) is 29.3 Å². The maximum absolute atomic E-state index is 5.64. The molecule has 1 unspecified atom stereocenters. The van der Waals surface area contributed by atoms with Crippen molar-refractivity contribution in [2.45, 2.75) is 26.4 Å². The lowest BCUT2D eigenvalue weighted by Crippen LogP contribution is -2.05. The SMILES string of the molecule is CCc1ccc(OCC2CO2)c(C)c1. The Kier molecular flexibility index (Phi) is 2.73. The van der Waals surface area contributed by atoms with Crippen molar-refractivity contribution in [3.63, 3.8) is 0 Å². The van der Waals surface area contributed by atoms with Crippen LogP contribution in [0.5, 0.6) is 5.75 Å². The van der Waals surface area contributed by atoms with E-state index in [0.29, 0.717) is 12.7 Å². The highest BCUT2D eigenvalue weighted by atomic mass is 16.6. The molecule has 1 saturated heterocycles. The van der Waals surface area contributed by atoms with Crippen LogP contribution in [0.2, 0.25) is 0 Å². The quantitative estimate of drug-likeness (QED) is 0.683. The van der Waals surface area contributed by atoms with E-state index in [9.17, 15) is 0 Å². The monoisotopic (exact) mass is 192 g/mol. The lowest BCUT2D eigenvalue weighted by Gasteiger charge is -2.08. The summed E-state index contributed by atoms with van der Waals surface area (Å²) < 4.78 is 10.7. The summed E-state index contributed by atoms with van der Waals surface area (Å²) in [7, 11) is 0. The van der Waals surface area contributed by atoms with E-state index >= 15 is 0 Å². The second kappa shape index (κ2) is 4.01. The van der Waals surface area contributed by atoms with Crippen LogP contribution in [0.4, 0.5) is 0 Å². The third kappa shape index (κ3) is 2.26. The summed E-state index contributed by atoms with van der Waals surface area (Å²) in [5.74, 6) is 0.984. The second-order valence-electron chi connectivity index (χ2n) is 3.72. The minimum absolute atomic E-state index is 0.334. The number of rotatable bonds is 4. The van der Waals surface area contributed by atoms with Crippen molar-refractivity contribution in [2.24, 2.45) is 0 Å². The van der Waals surface area contributed by atoms with Crippen molar-refractivity contribution in [3.8, 4) is 5.75 Å². The minimum Gasteiger partial charge on any atom is -0.491 e. The summed E-state index contributed by atoms with van der Waals surface area (Å²) in [6.07, 6.45) is 1.41. The minimum atomic E-state index is 0.334. The highest BCUT2D eigenvalue weighted by Gasteiger charge is 2.23. The first kappa shape index (κ1) is 9.53. The molecular formula is C12H16O2. The first-order valence-electron chi connectivity index (χ1n) is 5.13. The molecule has 0 spiro atoms. The Morgan fingerprint density at radius 3 is 2.86 bits per heavy atom. The van der Waals surface area contributed by atoms with Gasteiger partial charge in [0.15, 0.2) is 0 Å². The second-order valence-corrected chi connectivity index (χ2v) is 3.72. The maximum atomic E-state index is 5.64. The molecule has 0 radical (unpaired) electrons. The van der Waals surface area contributed by atoms with Gasteiger partial charge in [-0.3, -0.25) is 0 Å². The van der Waals surface area contributed by atoms with Crippen LogP contribution in [0.25, 0.3) is 0 Å². The fraction of sp³-hybridized carbons (Fsp3) is 0.500. The van der Waals surface area contributed by atoms with E-state index in [1.54, 1.807) is 0 Å². The number of hydrogen-bond acceptors (Lipinski definition) is 2. The lowest BCUT2D eigenvalue weighted by molar-refractivity contribution is 0.261. The van der Waals surface area contributed by atoms with Gasteiger partial charge in [0.25, 0.3) is 0 Å². The van der Waals surface area contributed by atoms with Crippen molar-refractivity contribution in [1.82, 2.24) is 0 Å². The number of ether oxygens (including phenoxy) is 2. The maximum Gasteiger partial charge on any atom is 0.122 e. The Labute approximate surface area is 84.8 Å². The van der Waals surface area contributed by atoms with Crippen LogP contribution in [0.15, 0.2) is 18.2 Å². The molecule has 14 heavy (non-hydrogen) atoms. The Balaban J connectivity index is 2.01. The number of hydrogen-bond donors (Lipinski definition) is 0. The Morgan fingerprint density at radius 1 is 1.50 bits per heavy atom. The van der Waals surface area contributed by atoms with Gasteiger partial charge in [0.1, 0.15) is 18.5 Å². The summed E-state index contributed by atoms with van der Waals surface area (Å²) in [5, 5.41) is 0. The molecule has 0 aliphatic carbocycles. The van der Waals surface area contributed by atoms with Gasteiger partial charge >= 0.3 is 0 Å². The van der Waals surface area contributed by atoms with E-state index in [0.717, 1.165) is 18.8 Å². The third-order valence-corrected chi connectivity index (χ3v) is 2.47. The molecule has 0 bridgehead atoms. The summed E-state index contributed by atoms with van der Waals surface area (Å²) >= 11 is 0. The molecule has 1 heterocycles. The zero-order valence-corrected chi connectivity index (χ0v) is 8.75. The van der Waals surface area contributed by atoms with Gasteiger partial charge in [-0.05, 0) is 30.5 Å². The molecule has 2 rings (SSSR count). The average molecular weight is 192 g/mol. The predicted molar refractivity (Wildman–Crippen MR) is 55.8 cm³/mol. The summed E-state index contributed by atoms with van der Waals surface area (Å²) in [6.45, 7) is 5.79. The van der Waals surface area contributed by atoms with E-state index in [2.05, 4.69) is 32.0 Å². The van der Waals surface area contributed by atoms with Crippen LogP contribution in [-0.4, -0.2) is 19.3 Å². The fourth-order valence-corrected chi connectivity index (χ4v) is 1.44. The van der Waals surface area contributed by atoms with Gasteiger partial charge in [-0.25, -0.2) is 0 Å². The molecule has 0 saturated carbocycles. The molecule has 0 amide bonds. The van der Waals surface area contributed by atoms with Crippen LogP contribution in [0.3, 0.4) is 0 Å². The average Bonchev–Trinajstić information content (AvgIpc) is 2.99. The molecule has 1 aromatic rings. The molecular weight excluding hydrogens is 176 g/mol. The number of epoxide rings is 1. The molecule has 2 nitrogen and oxygen atoms in total. The lowest BCUT2D eigenvalue weighted by atomic mass is 10.1. The molecule has 1 aliphatic rings. The van der Waals surface area contributed by atoms with Crippen molar-refractivity contribution >= 4 is 0 Å². The largest absolute Gasteiger partial charge is 0.491 e. The van der Waals surface area contributed by atoms with Gasteiger partial charge in [-0.2, -0.15) is 0 Å². The molecule has 1 fully saturated rings.